The van der Waals surface area contributed by atoms with Gasteiger partial charge in [0.1, 0.15) is 0 Å². The molecule has 0 aromatic carbocycles. The number of nitrogens with two attached hydrogens (primary N) is 1. The number of rotatable bonds is 8. The Morgan fingerprint density at radius 1 is 1.21 bits per heavy atom. The zero-order chi connectivity index (χ0) is 11.0. The highest BCUT2D eigenvalue weighted by atomic mass is 32.2. The van der Waals surface area contributed by atoms with Crippen LogP contribution < -0.4 is 15.2 Å². The number of nitrogens with one attached hydrogen (secondary N) is 2. The first kappa shape index (κ1) is 13.8. The quantitative estimate of drug-likeness (QED) is 0.498. The Bertz CT molecular complexity index is 227. The zero-order valence-corrected chi connectivity index (χ0v) is 9.73. The lowest BCUT2D eigenvalue weighted by Gasteiger charge is -2.09. The Kier molecular flexibility index (Phi) is 7.08. The van der Waals surface area contributed by atoms with Gasteiger partial charge in [-0.25, -0.2) is 9.44 Å². The maximum absolute atomic E-state index is 11.2. The topological polar surface area (TPSA) is 84.2 Å². The zero-order valence-electron chi connectivity index (χ0n) is 8.91. The van der Waals surface area contributed by atoms with Crippen LogP contribution in [0.5, 0.6) is 0 Å². The van der Waals surface area contributed by atoms with Crippen LogP contribution in [0, 0.1) is 5.92 Å². The maximum atomic E-state index is 11.2. The molecule has 0 saturated carbocycles. The average Bonchev–Trinajstić information content (AvgIpc) is 2.10. The minimum Gasteiger partial charge on any atom is -0.330 e. The van der Waals surface area contributed by atoms with Crippen molar-refractivity contribution in [1.29, 1.82) is 0 Å². The highest BCUT2D eigenvalue weighted by molar-refractivity contribution is 7.87. The molecule has 0 radical (unpaired) electrons. The van der Waals surface area contributed by atoms with Crippen LogP contribution in [0.4, 0.5) is 0 Å². The van der Waals surface area contributed by atoms with E-state index < -0.39 is 10.2 Å². The summed E-state index contributed by atoms with van der Waals surface area (Å²) >= 11 is 0. The molecular formula is C8H21N3O2S. The molecule has 5 nitrogen and oxygen atoms in total. The molecule has 4 N–H and O–H groups in total. The molecule has 0 heterocycles. The Balaban J connectivity index is 3.62. The van der Waals surface area contributed by atoms with E-state index in [0.717, 1.165) is 12.8 Å². The first-order chi connectivity index (χ1) is 6.48. The molecule has 0 spiro atoms. The summed E-state index contributed by atoms with van der Waals surface area (Å²) in [6, 6.07) is 0. The summed E-state index contributed by atoms with van der Waals surface area (Å²) in [5.41, 5.74) is 5.28. The van der Waals surface area contributed by atoms with Crippen molar-refractivity contribution in [3.63, 3.8) is 0 Å². The van der Waals surface area contributed by atoms with E-state index in [1.54, 1.807) is 0 Å². The summed E-state index contributed by atoms with van der Waals surface area (Å²) in [4.78, 5) is 0. The summed E-state index contributed by atoms with van der Waals surface area (Å²) in [5.74, 6) is 0.315. The second-order valence-corrected chi connectivity index (χ2v) is 5.22. The fraction of sp³-hybridized carbons (Fsp3) is 1.00. The molecule has 86 valence electrons. The molecule has 0 amide bonds. The Morgan fingerprint density at radius 2 is 1.86 bits per heavy atom. The smallest absolute Gasteiger partial charge is 0.276 e. The molecule has 0 bridgehead atoms. The van der Waals surface area contributed by atoms with Gasteiger partial charge in [-0.3, -0.25) is 0 Å². The molecule has 0 rings (SSSR count). The largest absolute Gasteiger partial charge is 0.330 e. The van der Waals surface area contributed by atoms with E-state index in [0.29, 0.717) is 25.6 Å². The van der Waals surface area contributed by atoms with Crippen molar-refractivity contribution in [2.24, 2.45) is 11.7 Å². The standard InChI is InChI=1S/C8H21N3O2S/c1-8(2)7-11-14(12,13)10-6-4-3-5-9/h8,10-11H,3-7,9H2,1-2H3. The lowest BCUT2D eigenvalue weighted by Crippen LogP contribution is -2.38. The highest BCUT2D eigenvalue weighted by Gasteiger charge is 2.07. The molecule has 14 heavy (non-hydrogen) atoms. The molecule has 0 unspecified atom stereocenters. The molecule has 0 aliphatic carbocycles. The van der Waals surface area contributed by atoms with E-state index in [1.165, 1.54) is 0 Å². The molecule has 0 saturated heterocycles. The van der Waals surface area contributed by atoms with Gasteiger partial charge in [0.15, 0.2) is 0 Å². The van der Waals surface area contributed by atoms with Crippen LogP contribution in [0.15, 0.2) is 0 Å². The minimum atomic E-state index is -3.30. The minimum absolute atomic E-state index is 0.315. The first-order valence-electron chi connectivity index (χ1n) is 4.92. The van der Waals surface area contributed by atoms with E-state index in [4.69, 9.17) is 5.73 Å². The molecule has 0 aliphatic rings. The second kappa shape index (κ2) is 7.17. The Hall–Kier alpha value is -0.170. The van der Waals surface area contributed by atoms with Crippen LogP contribution in [0.3, 0.4) is 0 Å². The lowest BCUT2D eigenvalue weighted by atomic mass is 10.2. The van der Waals surface area contributed by atoms with Crippen molar-refractivity contribution >= 4 is 10.2 Å². The fourth-order valence-corrected chi connectivity index (χ4v) is 1.87. The van der Waals surface area contributed by atoms with Gasteiger partial charge >= 0.3 is 0 Å². The van der Waals surface area contributed by atoms with Crippen molar-refractivity contribution in [2.45, 2.75) is 26.7 Å². The van der Waals surface area contributed by atoms with Crippen LogP contribution in [0.25, 0.3) is 0 Å². The Morgan fingerprint density at radius 3 is 2.36 bits per heavy atom. The molecule has 0 atom stereocenters. The predicted molar refractivity (Wildman–Crippen MR) is 58.1 cm³/mol. The van der Waals surface area contributed by atoms with Crippen LogP contribution in [0.1, 0.15) is 26.7 Å². The Labute approximate surface area is 86.6 Å². The van der Waals surface area contributed by atoms with Crippen molar-refractivity contribution in [3.8, 4) is 0 Å². The van der Waals surface area contributed by atoms with Crippen LogP contribution in [-0.4, -0.2) is 28.1 Å². The van der Waals surface area contributed by atoms with Gasteiger partial charge in [-0.05, 0) is 25.3 Å². The van der Waals surface area contributed by atoms with E-state index in [1.807, 2.05) is 13.8 Å². The van der Waals surface area contributed by atoms with Gasteiger partial charge in [-0.15, -0.1) is 0 Å². The third kappa shape index (κ3) is 8.43. The van der Waals surface area contributed by atoms with Crippen molar-refractivity contribution in [1.82, 2.24) is 9.44 Å². The third-order valence-electron chi connectivity index (χ3n) is 1.60. The van der Waals surface area contributed by atoms with Crippen LogP contribution in [-0.2, 0) is 10.2 Å². The number of hydrogen-bond acceptors (Lipinski definition) is 3. The van der Waals surface area contributed by atoms with E-state index in [2.05, 4.69) is 9.44 Å². The summed E-state index contributed by atoms with van der Waals surface area (Å²) in [5, 5.41) is 0. The van der Waals surface area contributed by atoms with E-state index >= 15 is 0 Å². The van der Waals surface area contributed by atoms with Gasteiger partial charge in [-0.1, -0.05) is 13.8 Å². The SMILES string of the molecule is CC(C)CNS(=O)(=O)NCCCCN. The molecule has 6 heteroatoms. The molecule has 0 fully saturated rings. The average molecular weight is 223 g/mol. The fourth-order valence-electron chi connectivity index (χ4n) is 0.803. The second-order valence-electron chi connectivity index (χ2n) is 3.64. The molecule has 0 aliphatic heterocycles. The number of hydrogen-bond donors (Lipinski definition) is 3. The monoisotopic (exact) mass is 223 g/mol. The van der Waals surface area contributed by atoms with Crippen LogP contribution >= 0.6 is 0 Å². The normalized spacial score (nSPS) is 12.3. The van der Waals surface area contributed by atoms with Crippen molar-refractivity contribution < 1.29 is 8.42 Å². The molecule has 0 aromatic heterocycles. The summed E-state index contributed by atoms with van der Waals surface area (Å²) in [6.07, 6.45) is 1.62. The van der Waals surface area contributed by atoms with E-state index in [9.17, 15) is 8.42 Å². The summed E-state index contributed by atoms with van der Waals surface area (Å²) in [6.45, 7) is 5.42. The van der Waals surface area contributed by atoms with Gasteiger partial charge in [-0.2, -0.15) is 8.42 Å². The van der Waals surface area contributed by atoms with E-state index in [-0.39, 0.29) is 0 Å². The summed E-state index contributed by atoms with van der Waals surface area (Å²) in [7, 11) is -3.30. The third-order valence-corrected chi connectivity index (χ3v) is 2.74. The summed E-state index contributed by atoms with van der Waals surface area (Å²) < 4.78 is 27.4. The highest BCUT2D eigenvalue weighted by Crippen LogP contribution is 1.90. The van der Waals surface area contributed by atoms with Crippen LogP contribution in [0.2, 0.25) is 0 Å². The van der Waals surface area contributed by atoms with Gasteiger partial charge in [0.2, 0.25) is 0 Å². The van der Waals surface area contributed by atoms with Crippen molar-refractivity contribution in [3.05, 3.63) is 0 Å². The molecule has 0 aromatic rings. The van der Waals surface area contributed by atoms with Gasteiger partial charge in [0.05, 0.1) is 0 Å². The van der Waals surface area contributed by atoms with Gasteiger partial charge < -0.3 is 5.73 Å². The first-order valence-corrected chi connectivity index (χ1v) is 6.40. The van der Waals surface area contributed by atoms with Gasteiger partial charge in [0.25, 0.3) is 10.2 Å². The molecular weight excluding hydrogens is 202 g/mol. The van der Waals surface area contributed by atoms with Gasteiger partial charge in [0, 0.05) is 13.1 Å². The van der Waals surface area contributed by atoms with Crippen molar-refractivity contribution in [2.75, 3.05) is 19.6 Å². The lowest BCUT2D eigenvalue weighted by molar-refractivity contribution is 0.544. The number of unbranched alkanes of at least 4 members (excludes halogenated alkanes) is 1. The predicted octanol–water partition coefficient (Wildman–Crippen LogP) is -0.195. The maximum Gasteiger partial charge on any atom is 0.276 e.